The lowest BCUT2D eigenvalue weighted by Crippen LogP contribution is -2.23. The summed E-state index contributed by atoms with van der Waals surface area (Å²) >= 11 is 4.54. The summed E-state index contributed by atoms with van der Waals surface area (Å²) in [4.78, 5) is 0. The van der Waals surface area contributed by atoms with E-state index in [-0.39, 0.29) is 5.11 Å². The predicted octanol–water partition coefficient (Wildman–Crippen LogP) is 1.55. The average Bonchev–Trinajstić information content (AvgIpc) is 2.02. The molecule has 0 heterocycles. The van der Waals surface area contributed by atoms with Crippen LogP contribution in [0.2, 0.25) is 0 Å². The lowest BCUT2D eigenvalue weighted by atomic mass is 10.2. The van der Waals surface area contributed by atoms with Gasteiger partial charge in [-0.25, -0.2) is 0 Å². The highest BCUT2D eigenvalue weighted by Gasteiger charge is 1.77. The van der Waals surface area contributed by atoms with Crippen LogP contribution in [0, 0.1) is 0 Å². The van der Waals surface area contributed by atoms with Gasteiger partial charge in [-0.05, 0) is 24.7 Å². The molecule has 3 nitrogen and oxygen atoms in total. The van der Waals surface area contributed by atoms with Crippen LogP contribution in [0.3, 0.4) is 0 Å². The second-order valence-electron chi connectivity index (χ2n) is 2.32. The normalized spacial score (nSPS) is 11.1. The van der Waals surface area contributed by atoms with Crippen molar-refractivity contribution in [1.29, 1.82) is 0 Å². The molecule has 0 fully saturated rings. The van der Waals surface area contributed by atoms with Gasteiger partial charge in [0.2, 0.25) is 0 Å². The number of allylic oxidation sites excluding steroid dienone is 2. The summed E-state index contributed by atoms with van der Waals surface area (Å²) < 4.78 is 0. The van der Waals surface area contributed by atoms with Crippen molar-refractivity contribution in [3.63, 3.8) is 0 Å². The van der Waals surface area contributed by atoms with E-state index in [1.807, 2.05) is 6.08 Å². The molecule has 0 spiro atoms. The number of thiocarbonyl (C=S) groups is 1. The smallest absolute Gasteiger partial charge is 0.184 e. The Bertz CT molecular complexity index is 175. The van der Waals surface area contributed by atoms with E-state index < -0.39 is 0 Å². The molecule has 3 N–H and O–H groups in total. The van der Waals surface area contributed by atoms with Gasteiger partial charge in [0.15, 0.2) is 5.11 Å². The van der Waals surface area contributed by atoms with Crippen LogP contribution in [0.15, 0.2) is 17.3 Å². The van der Waals surface area contributed by atoms with Crippen molar-refractivity contribution in [2.75, 3.05) is 0 Å². The Morgan fingerprint density at radius 3 is 3.00 bits per heavy atom. The number of hydrazone groups is 1. The third kappa shape index (κ3) is 9.10. The number of nitrogens with zero attached hydrogens (tertiary/aromatic N) is 1. The summed E-state index contributed by atoms with van der Waals surface area (Å²) in [5.41, 5.74) is 7.60. The molecule has 0 bridgehead atoms. The van der Waals surface area contributed by atoms with Gasteiger partial charge in [-0.3, -0.25) is 5.43 Å². The van der Waals surface area contributed by atoms with E-state index in [0.29, 0.717) is 0 Å². The zero-order valence-electron chi connectivity index (χ0n) is 7.29. The minimum absolute atomic E-state index is 0.188. The molecular weight excluding hydrogens is 170 g/mol. The number of nitrogens with one attached hydrogen (secondary N) is 1. The fourth-order valence-corrected chi connectivity index (χ4v) is 0.676. The van der Waals surface area contributed by atoms with Crippen LogP contribution in [-0.4, -0.2) is 11.3 Å². The molecule has 0 aliphatic heterocycles. The first kappa shape index (κ1) is 11.1. The molecule has 0 saturated carbocycles. The monoisotopic (exact) mass is 185 g/mol. The Kier molecular flexibility index (Phi) is 7.58. The Hall–Kier alpha value is -0.900. The first-order chi connectivity index (χ1) is 5.77. The summed E-state index contributed by atoms with van der Waals surface area (Å²) in [5.74, 6) is 0. The third-order valence-corrected chi connectivity index (χ3v) is 1.29. The standard InChI is InChI=1S/C8H15N3S/c1-2-3-4-5-6-7-10-11-8(9)12/h5-7H,2-4H2,1H3,(H3,9,11,12)/b6-5+,10-7+. The van der Waals surface area contributed by atoms with Gasteiger partial charge in [0.05, 0.1) is 0 Å². The van der Waals surface area contributed by atoms with Crippen LogP contribution in [0.1, 0.15) is 26.2 Å². The minimum Gasteiger partial charge on any atom is -0.375 e. The van der Waals surface area contributed by atoms with E-state index >= 15 is 0 Å². The van der Waals surface area contributed by atoms with Crippen molar-refractivity contribution in [3.05, 3.63) is 12.2 Å². The zero-order chi connectivity index (χ0) is 9.23. The number of unbranched alkanes of at least 4 members (excludes halogenated alkanes) is 2. The van der Waals surface area contributed by atoms with Gasteiger partial charge in [-0.2, -0.15) is 5.10 Å². The van der Waals surface area contributed by atoms with Gasteiger partial charge >= 0.3 is 0 Å². The lowest BCUT2D eigenvalue weighted by Gasteiger charge is -1.90. The Morgan fingerprint density at radius 2 is 2.42 bits per heavy atom. The first-order valence-corrected chi connectivity index (χ1v) is 4.41. The Morgan fingerprint density at radius 1 is 1.67 bits per heavy atom. The van der Waals surface area contributed by atoms with Crippen molar-refractivity contribution in [2.24, 2.45) is 10.8 Å². The van der Waals surface area contributed by atoms with Crippen LogP contribution in [-0.2, 0) is 0 Å². The van der Waals surface area contributed by atoms with Crippen LogP contribution in [0.5, 0.6) is 0 Å². The largest absolute Gasteiger partial charge is 0.375 e. The predicted molar refractivity (Wildman–Crippen MR) is 57.1 cm³/mol. The summed E-state index contributed by atoms with van der Waals surface area (Å²) in [6.07, 6.45) is 9.10. The third-order valence-electron chi connectivity index (χ3n) is 1.20. The molecule has 0 aromatic carbocycles. The lowest BCUT2D eigenvalue weighted by molar-refractivity contribution is 0.815. The number of hydrogen-bond donors (Lipinski definition) is 2. The van der Waals surface area contributed by atoms with Crippen molar-refractivity contribution < 1.29 is 0 Å². The maximum Gasteiger partial charge on any atom is 0.184 e. The van der Waals surface area contributed by atoms with Gasteiger partial charge in [0.25, 0.3) is 0 Å². The quantitative estimate of drug-likeness (QED) is 0.296. The highest BCUT2D eigenvalue weighted by atomic mass is 32.1. The van der Waals surface area contributed by atoms with Crippen molar-refractivity contribution >= 4 is 23.5 Å². The number of hydrogen-bond acceptors (Lipinski definition) is 2. The van der Waals surface area contributed by atoms with Crippen molar-refractivity contribution in [3.8, 4) is 0 Å². The molecule has 0 aromatic heterocycles. The zero-order valence-corrected chi connectivity index (χ0v) is 8.10. The van der Waals surface area contributed by atoms with E-state index in [2.05, 4.69) is 35.7 Å². The minimum atomic E-state index is 0.188. The van der Waals surface area contributed by atoms with Gasteiger partial charge in [0, 0.05) is 6.21 Å². The van der Waals surface area contributed by atoms with E-state index in [1.54, 1.807) is 6.21 Å². The molecule has 68 valence electrons. The van der Waals surface area contributed by atoms with Gasteiger partial charge in [-0.1, -0.05) is 25.8 Å². The van der Waals surface area contributed by atoms with Gasteiger partial charge < -0.3 is 5.73 Å². The van der Waals surface area contributed by atoms with Crippen LogP contribution in [0.4, 0.5) is 0 Å². The first-order valence-electron chi connectivity index (χ1n) is 4.01. The summed E-state index contributed by atoms with van der Waals surface area (Å²) in [6.45, 7) is 2.16. The second-order valence-corrected chi connectivity index (χ2v) is 2.76. The fraction of sp³-hybridized carbons (Fsp3) is 0.500. The second kappa shape index (κ2) is 8.20. The van der Waals surface area contributed by atoms with Crippen LogP contribution >= 0.6 is 12.2 Å². The SMILES string of the molecule is CCCC/C=C/C=N/NC(N)=S. The van der Waals surface area contributed by atoms with E-state index in [4.69, 9.17) is 5.73 Å². The number of rotatable bonds is 5. The molecule has 0 rings (SSSR count). The summed E-state index contributed by atoms with van der Waals surface area (Å²) in [6, 6.07) is 0. The van der Waals surface area contributed by atoms with E-state index in [0.717, 1.165) is 6.42 Å². The fourth-order valence-electron chi connectivity index (χ4n) is 0.623. The molecule has 0 aliphatic carbocycles. The molecule has 0 atom stereocenters. The topological polar surface area (TPSA) is 50.4 Å². The molecule has 0 aliphatic rings. The molecule has 4 heteroatoms. The summed E-state index contributed by atoms with van der Waals surface area (Å²) in [5, 5.41) is 3.93. The molecular formula is C8H15N3S. The van der Waals surface area contributed by atoms with Crippen molar-refractivity contribution in [1.82, 2.24) is 5.43 Å². The van der Waals surface area contributed by atoms with Crippen LogP contribution in [0.25, 0.3) is 0 Å². The van der Waals surface area contributed by atoms with E-state index in [9.17, 15) is 0 Å². The average molecular weight is 185 g/mol. The highest BCUT2D eigenvalue weighted by molar-refractivity contribution is 7.80. The maximum absolute atomic E-state index is 5.14. The molecule has 0 unspecified atom stereocenters. The van der Waals surface area contributed by atoms with Gasteiger partial charge in [-0.15, -0.1) is 0 Å². The summed E-state index contributed by atoms with van der Waals surface area (Å²) in [7, 11) is 0. The maximum atomic E-state index is 5.14. The van der Waals surface area contributed by atoms with Gasteiger partial charge in [0.1, 0.15) is 0 Å². The molecule has 0 aromatic rings. The Balaban J connectivity index is 3.33. The van der Waals surface area contributed by atoms with E-state index in [1.165, 1.54) is 12.8 Å². The molecule has 0 radical (unpaired) electrons. The molecule has 12 heavy (non-hydrogen) atoms. The van der Waals surface area contributed by atoms with Crippen LogP contribution < -0.4 is 11.2 Å². The Labute approximate surface area is 78.7 Å². The number of nitrogens with two attached hydrogens (primary N) is 1. The van der Waals surface area contributed by atoms with Crippen molar-refractivity contribution in [2.45, 2.75) is 26.2 Å². The molecule has 0 saturated heterocycles. The highest BCUT2D eigenvalue weighted by Crippen LogP contribution is 1.93. The molecule has 0 amide bonds.